The maximum Gasteiger partial charge on any atom is 0.269 e. The molecule has 1 N–H and O–H groups in total. The molecule has 0 amide bonds. The van der Waals surface area contributed by atoms with Crippen LogP contribution in [0.15, 0.2) is 28.7 Å². The summed E-state index contributed by atoms with van der Waals surface area (Å²) in [6.07, 6.45) is 0. The van der Waals surface area contributed by atoms with Gasteiger partial charge in [-0.25, -0.2) is 0 Å². The zero-order chi connectivity index (χ0) is 15.2. The van der Waals surface area contributed by atoms with Gasteiger partial charge in [-0.1, -0.05) is 0 Å². The van der Waals surface area contributed by atoms with Crippen molar-refractivity contribution in [1.82, 2.24) is 4.98 Å². The van der Waals surface area contributed by atoms with Gasteiger partial charge < -0.3 is 14.5 Å². The van der Waals surface area contributed by atoms with Crippen LogP contribution < -0.4 is 5.32 Å². The first-order valence-corrected chi connectivity index (χ1v) is 6.04. The van der Waals surface area contributed by atoms with Gasteiger partial charge in [0.25, 0.3) is 5.69 Å². The fraction of sp³-hybridized carbons (Fsp3) is 0.231. The van der Waals surface area contributed by atoms with E-state index in [2.05, 4.69) is 10.3 Å². The Morgan fingerprint density at radius 1 is 1.48 bits per heavy atom. The molecule has 0 fully saturated rings. The highest BCUT2D eigenvalue weighted by atomic mass is 16.6. The number of ether oxygens (including phenoxy) is 1. The van der Waals surface area contributed by atoms with E-state index in [1.807, 2.05) is 6.07 Å². The summed E-state index contributed by atoms with van der Waals surface area (Å²) >= 11 is 0. The number of methoxy groups -OCH3 is 1. The minimum atomic E-state index is -0.488. The Morgan fingerprint density at radius 3 is 2.76 bits per heavy atom. The van der Waals surface area contributed by atoms with Gasteiger partial charge in [0.1, 0.15) is 6.07 Å². The number of benzene rings is 1. The van der Waals surface area contributed by atoms with Gasteiger partial charge >= 0.3 is 0 Å². The Kier molecular flexibility index (Phi) is 4.48. The molecule has 8 nitrogen and oxygen atoms in total. The third kappa shape index (κ3) is 3.34. The van der Waals surface area contributed by atoms with Gasteiger partial charge in [0.2, 0.25) is 17.5 Å². The Hall–Kier alpha value is -2.92. The van der Waals surface area contributed by atoms with Gasteiger partial charge in [0.15, 0.2) is 0 Å². The number of anilines is 1. The molecule has 8 heteroatoms. The molecule has 1 aromatic heterocycles. The van der Waals surface area contributed by atoms with Crippen molar-refractivity contribution in [3.8, 4) is 17.5 Å². The Labute approximate surface area is 120 Å². The van der Waals surface area contributed by atoms with Crippen LogP contribution in [0.3, 0.4) is 0 Å². The Balaban J connectivity index is 2.23. The molecular formula is C13H12N4O4. The van der Waals surface area contributed by atoms with Crippen molar-refractivity contribution in [2.45, 2.75) is 0 Å². The lowest BCUT2D eigenvalue weighted by atomic mass is 10.2. The SMILES string of the molecule is COCCNc1oc(-c2ccc([N+](=O)[O-])cc2)nc1C#N. The summed E-state index contributed by atoms with van der Waals surface area (Å²) in [5.41, 5.74) is 0.653. The van der Waals surface area contributed by atoms with E-state index in [1.54, 1.807) is 7.11 Å². The molecular weight excluding hydrogens is 276 g/mol. The van der Waals surface area contributed by atoms with Crippen molar-refractivity contribution < 1.29 is 14.1 Å². The summed E-state index contributed by atoms with van der Waals surface area (Å²) in [4.78, 5) is 14.2. The second-order valence-electron chi connectivity index (χ2n) is 4.03. The highest BCUT2D eigenvalue weighted by molar-refractivity contribution is 5.60. The number of aromatic nitrogens is 1. The van der Waals surface area contributed by atoms with Crippen LogP contribution >= 0.6 is 0 Å². The monoisotopic (exact) mass is 288 g/mol. The summed E-state index contributed by atoms with van der Waals surface area (Å²) in [7, 11) is 1.57. The van der Waals surface area contributed by atoms with Crippen LogP contribution in [0.4, 0.5) is 11.6 Å². The van der Waals surface area contributed by atoms with Crippen molar-refractivity contribution in [2.75, 3.05) is 25.6 Å². The number of nitro benzene ring substituents is 1. The van der Waals surface area contributed by atoms with Crippen LogP contribution in [0.25, 0.3) is 11.5 Å². The molecule has 21 heavy (non-hydrogen) atoms. The molecule has 0 atom stereocenters. The average molecular weight is 288 g/mol. The molecule has 0 bridgehead atoms. The first kappa shape index (κ1) is 14.5. The molecule has 0 saturated carbocycles. The number of rotatable bonds is 6. The molecule has 1 heterocycles. The highest BCUT2D eigenvalue weighted by Gasteiger charge is 2.15. The second-order valence-corrected chi connectivity index (χ2v) is 4.03. The van der Waals surface area contributed by atoms with E-state index in [9.17, 15) is 10.1 Å². The zero-order valence-corrected chi connectivity index (χ0v) is 11.2. The minimum Gasteiger partial charge on any atom is -0.419 e. The Bertz CT molecular complexity index is 672. The lowest BCUT2D eigenvalue weighted by Crippen LogP contribution is -2.07. The molecule has 0 saturated heterocycles. The van der Waals surface area contributed by atoms with Gasteiger partial charge in [-0.3, -0.25) is 10.1 Å². The van der Waals surface area contributed by atoms with Crippen LogP contribution in [0.2, 0.25) is 0 Å². The van der Waals surface area contributed by atoms with E-state index < -0.39 is 4.92 Å². The van der Waals surface area contributed by atoms with Gasteiger partial charge in [0.05, 0.1) is 11.5 Å². The number of nitriles is 1. The van der Waals surface area contributed by atoms with Crippen molar-refractivity contribution in [3.63, 3.8) is 0 Å². The van der Waals surface area contributed by atoms with Crippen LogP contribution in [-0.2, 0) is 4.74 Å². The van der Waals surface area contributed by atoms with Crippen molar-refractivity contribution >= 4 is 11.6 Å². The Morgan fingerprint density at radius 2 is 2.19 bits per heavy atom. The lowest BCUT2D eigenvalue weighted by Gasteiger charge is -2.00. The number of nitro groups is 1. The summed E-state index contributed by atoms with van der Waals surface area (Å²) < 4.78 is 10.4. The molecule has 1 aromatic carbocycles. The van der Waals surface area contributed by atoms with Crippen molar-refractivity contribution in [2.24, 2.45) is 0 Å². The lowest BCUT2D eigenvalue weighted by molar-refractivity contribution is -0.384. The molecule has 2 rings (SSSR count). The van der Waals surface area contributed by atoms with Gasteiger partial charge in [-0.05, 0) is 12.1 Å². The molecule has 0 radical (unpaired) electrons. The number of nitrogens with zero attached hydrogens (tertiary/aromatic N) is 3. The molecule has 108 valence electrons. The predicted molar refractivity (Wildman–Crippen MR) is 73.7 cm³/mol. The smallest absolute Gasteiger partial charge is 0.269 e. The third-order valence-electron chi connectivity index (χ3n) is 2.65. The zero-order valence-electron chi connectivity index (χ0n) is 11.2. The number of hydrogen-bond donors (Lipinski definition) is 1. The number of hydrogen-bond acceptors (Lipinski definition) is 7. The normalized spacial score (nSPS) is 10.1. The summed E-state index contributed by atoms with van der Waals surface area (Å²) in [5.74, 6) is 0.476. The van der Waals surface area contributed by atoms with E-state index in [1.165, 1.54) is 24.3 Å². The van der Waals surface area contributed by atoms with Crippen LogP contribution in [0.1, 0.15) is 5.69 Å². The van der Waals surface area contributed by atoms with E-state index in [0.29, 0.717) is 18.7 Å². The first-order valence-electron chi connectivity index (χ1n) is 6.04. The van der Waals surface area contributed by atoms with E-state index in [4.69, 9.17) is 14.4 Å². The van der Waals surface area contributed by atoms with E-state index in [0.717, 1.165) is 0 Å². The van der Waals surface area contributed by atoms with Gasteiger partial charge in [0, 0.05) is 31.4 Å². The van der Waals surface area contributed by atoms with Crippen molar-refractivity contribution in [3.05, 3.63) is 40.1 Å². The van der Waals surface area contributed by atoms with Gasteiger partial charge in [-0.15, -0.1) is 0 Å². The minimum absolute atomic E-state index is 0.0238. The number of oxazole rings is 1. The highest BCUT2D eigenvalue weighted by Crippen LogP contribution is 2.26. The standard InChI is InChI=1S/C13H12N4O4/c1-20-7-6-15-13-11(8-14)16-12(21-13)9-2-4-10(5-3-9)17(18)19/h2-5,15H,6-7H2,1H3. The molecule has 2 aromatic rings. The largest absolute Gasteiger partial charge is 0.419 e. The van der Waals surface area contributed by atoms with Gasteiger partial charge in [-0.2, -0.15) is 10.2 Å². The molecule has 0 aliphatic heterocycles. The molecule has 0 aliphatic rings. The maximum absolute atomic E-state index is 10.6. The molecule has 0 spiro atoms. The summed E-state index contributed by atoms with van der Waals surface area (Å²) in [5, 5.41) is 22.5. The van der Waals surface area contributed by atoms with Crippen LogP contribution in [0.5, 0.6) is 0 Å². The molecule has 0 unspecified atom stereocenters. The first-order chi connectivity index (χ1) is 10.2. The number of non-ortho nitro benzene ring substituents is 1. The van der Waals surface area contributed by atoms with Crippen molar-refractivity contribution in [1.29, 1.82) is 5.26 Å². The third-order valence-corrected chi connectivity index (χ3v) is 2.65. The second kappa shape index (κ2) is 6.49. The fourth-order valence-corrected chi connectivity index (χ4v) is 1.63. The number of nitrogens with one attached hydrogen (secondary N) is 1. The maximum atomic E-state index is 10.6. The average Bonchev–Trinajstić information content (AvgIpc) is 2.91. The van der Waals surface area contributed by atoms with Crippen LogP contribution in [-0.4, -0.2) is 30.2 Å². The topological polar surface area (TPSA) is 114 Å². The summed E-state index contributed by atoms with van der Waals surface area (Å²) in [6, 6.07) is 7.66. The molecule has 0 aliphatic carbocycles. The fourth-order valence-electron chi connectivity index (χ4n) is 1.63. The van der Waals surface area contributed by atoms with Crippen LogP contribution in [0, 0.1) is 21.4 Å². The predicted octanol–water partition coefficient (Wildman–Crippen LogP) is 2.18. The summed E-state index contributed by atoms with van der Waals surface area (Å²) in [6.45, 7) is 0.929. The quantitative estimate of drug-likeness (QED) is 0.492. The van der Waals surface area contributed by atoms with E-state index >= 15 is 0 Å². The van der Waals surface area contributed by atoms with E-state index in [-0.39, 0.29) is 23.2 Å².